The number of aliphatic hydroxyl groups excluding tert-OH is 1. The van der Waals surface area contributed by atoms with E-state index in [1.807, 2.05) is 18.5 Å². The number of rotatable bonds is 5. The van der Waals surface area contributed by atoms with E-state index in [4.69, 9.17) is 9.47 Å². The van der Waals surface area contributed by atoms with Crippen molar-refractivity contribution in [3.05, 3.63) is 82.2 Å². The van der Waals surface area contributed by atoms with E-state index >= 15 is 0 Å². The Balaban J connectivity index is 1.07. The molecule has 0 amide bonds. The first kappa shape index (κ1) is 29.0. The second-order valence-electron chi connectivity index (χ2n) is 16.0. The van der Waals surface area contributed by atoms with E-state index in [2.05, 4.69) is 61.4 Å². The van der Waals surface area contributed by atoms with E-state index < -0.39 is 5.79 Å². The van der Waals surface area contributed by atoms with Gasteiger partial charge in [-0.05, 0) is 103 Å². The maximum absolute atomic E-state index is 11.3. The maximum atomic E-state index is 11.3. The summed E-state index contributed by atoms with van der Waals surface area (Å²) in [5.74, 6) is 1.74. The molecule has 1 aromatic carbocycles. The van der Waals surface area contributed by atoms with Crippen LogP contribution in [-0.2, 0) is 16.0 Å². The van der Waals surface area contributed by atoms with Crippen molar-refractivity contribution >= 4 is 5.70 Å². The summed E-state index contributed by atoms with van der Waals surface area (Å²) >= 11 is 0. The fourth-order valence-corrected chi connectivity index (χ4v) is 9.81. The Hall–Kier alpha value is -2.47. The van der Waals surface area contributed by atoms with Crippen molar-refractivity contribution in [1.82, 2.24) is 10.3 Å². The smallest absolute Gasteiger partial charge is 0.169 e. The Bertz CT molecular complexity index is 1440. The van der Waals surface area contributed by atoms with Crippen LogP contribution in [0.5, 0.6) is 0 Å². The number of hydrogen-bond acceptors (Lipinski definition) is 5. The van der Waals surface area contributed by atoms with Crippen LogP contribution in [0.2, 0.25) is 0 Å². The van der Waals surface area contributed by atoms with Gasteiger partial charge in [-0.1, -0.05) is 56.2 Å². The fraction of sp³-hybridized carbons (Fsp3) is 0.615. The number of nitrogens with zero attached hydrogens (tertiary/aromatic N) is 1. The maximum Gasteiger partial charge on any atom is 0.169 e. The zero-order chi connectivity index (χ0) is 30.1. The van der Waals surface area contributed by atoms with Gasteiger partial charge in [-0.15, -0.1) is 0 Å². The normalized spacial score (nSPS) is 35.1. The van der Waals surface area contributed by atoms with Crippen LogP contribution in [0, 0.1) is 28.6 Å². The van der Waals surface area contributed by atoms with E-state index in [9.17, 15) is 5.11 Å². The van der Waals surface area contributed by atoms with Crippen molar-refractivity contribution in [1.29, 1.82) is 0 Å². The van der Waals surface area contributed by atoms with Crippen LogP contribution < -0.4 is 5.32 Å². The Morgan fingerprint density at radius 3 is 2.48 bits per heavy atom. The first-order valence-electron chi connectivity index (χ1n) is 17.4. The molecule has 0 radical (unpaired) electrons. The van der Waals surface area contributed by atoms with Gasteiger partial charge in [0.2, 0.25) is 0 Å². The Morgan fingerprint density at radius 1 is 0.955 bits per heavy atom. The number of aromatic nitrogens is 1. The van der Waals surface area contributed by atoms with Gasteiger partial charge in [-0.25, -0.2) is 0 Å². The second kappa shape index (κ2) is 10.8. The predicted molar refractivity (Wildman–Crippen MR) is 173 cm³/mol. The quantitative estimate of drug-likeness (QED) is 0.345. The monoisotopic (exact) mass is 594 g/mol. The topological polar surface area (TPSA) is 63.6 Å². The number of allylic oxidation sites excluding steroid dienone is 3. The van der Waals surface area contributed by atoms with Gasteiger partial charge in [0.15, 0.2) is 5.79 Å². The van der Waals surface area contributed by atoms with Gasteiger partial charge < -0.3 is 19.9 Å². The molecule has 6 unspecified atom stereocenters. The number of ether oxygens (including phenoxy) is 2. The number of hydrogen-bond donors (Lipinski definition) is 2. The Labute approximate surface area is 263 Å². The van der Waals surface area contributed by atoms with Crippen molar-refractivity contribution in [3.8, 4) is 0 Å². The summed E-state index contributed by atoms with van der Waals surface area (Å²) in [7, 11) is 0. The lowest BCUT2D eigenvalue weighted by atomic mass is 9.52. The highest BCUT2D eigenvalue weighted by molar-refractivity contribution is 5.69. The number of benzene rings is 1. The summed E-state index contributed by atoms with van der Waals surface area (Å²) in [4.78, 5) is 4.35. The summed E-state index contributed by atoms with van der Waals surface area (Å²) in [5.41, 5.74) is 10.2. The number of fused-ring (bicyclic) bond motifs is 4. The third kappa shape index (κ3) is 5.08. The molecule has 5 aliphatic carbocycles. The minimum Gasteiger partial charge on any atom is -0.393 e. The first-order valence-corrected chi connectivity index (χ1v) is 17.4. The molecule has 6 aliphatic rings. The summed E-state index contributed by atoms with van der Waals surface area (Å²) in [6.45, 7) is 9.28. The molecule has 5 fully saturated rings. The van der Waals surface area contributed by atoms with Crippen molar-refractivity contribution in [2.75, 3.05) is 13.2 Å². The molecule has 8 rings (SSSR count). The third-order valence-corrected chi connectivity index (χ3v) is 12.4. The molecule has 6 atom stereocenters. The van der Waals surface area contributed by atoms with E-state index in [0.29, 0.717) is 23.7 Å². The minimum atomic E-state index is -0.390. The molecule has 234 valence electrons. The van der Waals surface area contributed by atoms with Crippen molar-refractivity contribution < 1.29 is 14.6 Å². The predicted octanol–water partition coefficient (Wildman–Crippen LogP) is 7.92. The van der Waals surface area contributed by atoms with Crippen LogP contribution in [0.3, 0.4) is 0 Å². The van der Waals surface area contributed by atoms with Gasteiger partial charge in [0.1, 0.15) is 0 Å². The molecule has 2 N–H and O–H groups in total. The van der Waals surface area contributed by atoms with Gasteiger partial charge >= 0.3 is 0 Å². The molecule has 2 aromatic rings. The van der Waals surface area contributed by atoms with Crippen molar-refractivity contribution in [2.24, 2.45) is 28.6 Å². The van der Waals surface area contributed by atoms with Crippen LogP contribution >= 0.6 is 0 Å². The molecule has 1 aromatic heterocycles. The fourth-order valence-electron chi connectivity index (χ4n) is 9.81. The Kier molecular flexibility index (Phi) is 7.12. The molecule has 5 heteroatoms. The van der Waals surface area contributed by atoms with Gasteiger partial charge in [0.05, 0.1) is 19.3 Å². The Morgan fingerprint density at radius 2 is 1.75 bits per heavy atom. The SMILES string of the molecule is CC1(C)COC2(CCC3=C4C(c5ccc(CNC(=C6CC6)c6cccnc6)cc5)CC5(C)C(O)CCC5C4CCC3C2)OC1. The number of aliphatic hydroxyl groups is 1. The molecule has 44 heavy (non-hydrogen) atoms. The highest BCUT2D eigenvalue weighted by atomic mass is 16.7. The lowest BCUT2D eigenvalue weighted by molar-refractivity contribution is -0.312. The standard InChI is InChI=1S/C39H50N2O3/c1-37(2)23-43-39(44-24-37)17-16-30-28(19-39)12-13-31-33-14-15-34(42)38(33,3)20-32(35(30)31)26-8-6-25(7-9-26)21-41-36(27-10-11-27)29-5-4-18-40-22-29/h4-9,18,22,28,31-34,41-42H,10-17,19-21,23-24H2,1-3H3. The summed E-state index contributed by atoms with van der Waals surface area (Å²) in [6.07, 6.45) is 14.7. The van der Waals surface area contributed by atoms with Gasteiger partial charge in [-0.2, -0.15) is 0 Å². The minimum absolute atomic E-state index is 0.00140. The summed E-state index contributed by atoms with van der Waals surface area (Å²) < 4.78 is 13.1. The van der Waals surface area contributed by atoms with Crippen molar-refractivity contribution in [3.63, 3.8) is 0 Å². The van der Waals surface area contributed by atoms with Crippen LogP contribution in [0.15, 0.2) is 65.5 Å². The lowest BCUT2D eigenvalue weighted by Crippen LogP contribution is -2.52. The molecule has 4 saturated carbocycles. The average Bonchev–Trinajstić information content (AvgIpc) is 3.83. The third-order valence-electron chi connectivity index (χ3n) is 12.4. The first-order chi connectivity index (χ1) is 21.2. The van der Waals surface area contributed by atoms with Crippen LogP contribution in [0.1, 0.15) is 108 Å². The second-order valence-corrected chi connectivity index (χ2v) is 16.0. The molecule has 5 nitrogen and oxygen atoms in total. The highest BCUT2D eigenvalue weighted by Crippen LogP contribution is 2.65. The van der Waals surface area contributed by atoms with E-state index in [1.54, 1.807) is 11.1 Å². The molecule has 1 spiro atoms. The zero-order valence-electron chi connectivity index (χ0n) is 26.9. The summed E-state index contributed by atoms with van der Waals surface area (Å²) in [5, 5.41) is 15.1. The molecular weight excluding hydrogens is 544 g/mol. The van der Waals surface area contributed by atoms with Gasteiger partial charge in [0.25, 0.3) is 0 Å². The largest absolute Gasteiger partial charge is 0.393 e. The lowest BCUT2D eigenvalue weighted by Gasteiger charge is -2.55. The zero-order valence-corrected chi connectivity index (χ0v) is 26.9. The van der Waals surface area contributed by atoms with Crippen LogP contribution in [0.4, 0.5) is 0 Å². The molecule has 0 bridgehead atoms. The number of pyridine rings is 1. The van der Waals surface area contributed by atoms with Gasteiger partial charge in [0, 0.05) is 54.4 Å². The van der Waals surface area contributed by atoms with E-state index in [1.165, 1.54) is 60.1 Å². The highest BCUT2D eigenvalue weighted by Gasteiger charge is 2.57. The average molecular weight is 595 g/mol. The van der Waals surface area contributed by atoms with Crippen LogP contribution in [-0.4, -0.2) is 35.2 Å². The molecular formula is C39H50N2O3. The van der Waals surface area contributed by atoms with Crippen LogP contribution in [0.25, 0.3) is 5.70 Å². The van der Waals surface area contributed by atoms with E-state index in [-0.39, 0.29) is 16.9 Å². The molecule has 1 aliphatic heterocycles. The van der Waals surface area contributed by atoms with Gasteiger partial charge in [-0.3, -0.25) is 4.98 Å². The molecule has 1 saturated heterocycles. The van der Waals surface area contributed by atoms with Crippen molar-refractivity contribution in [2.45, 2.75) is 109 Å². The van der Waals surface area contributed by atoms with E-state index in [0.717, 1.165) is 51.9 Å². The molecule has 2 heterocycles. The number of nitrogens with one attached hydrogen (secondary N) is 1. The summed E-state index contributed by atoms with van der Waals surface area (Å²) in [6, 6.07) is 13.6.